The number of rotatable bonds is 2. The van der Waals surface area contributed by atoms with Crippen molar-refractivity contribution in [3.05, 3.63) is 23.8 Å². The lowest BCUT2D eigenvalue weighted by Crippen LogP contribution is -2.28. The highest BCUT2D eigenvalue weighted by Gasteiger charge is 2.16. The van der Waals surface area contributed by atoms with Crippen molar-refractivity contribution in [2.45, 2.75) is 18.8 Å². The summed E-state index contributed by atoms with van der Waals surface area (Å²) in [4.78, 5) is 0. The van der Waals surface area contributed by atoms with Gasteiger partial charge in [0.2, 0.25) is 0 Å². The second-order valence-electron chi connectivity index (χ2n) is 3.97. The zero-order valence-electron chi connectivity index (χ0n) is 8.99. The monoisotopic (exact) mass is 207 g/mol. The molecule has 1 aliphatic rings. The lowest BCUT2D eigenvalue weighted by atomic mass is 9.91. The van der Waals surface area contributed by atoms with Crippen LogP contribution in [-0.2, 0) is 0 Å². The Morgan fingerprint density at radius 3 is 2.93 bits per heavy atom. The highest BCUT2D eigenvalue weighted by molar-refractivity contribution is 5.42. The average molecular weight is 207 g/mol. The van der Waals surface area contributed by atoms with E-state index in [0.29, 0.717) is 11.7 Å². The van der Waals surface area contributed by atoms with E-state index in [1.54, 1.807) is 7.11 Å². The highest BCUT2D eigenvalue weighted by Crippen LogP contribution is 2.31. The second kappa shape index (κ2) is 4.53. The minimum absolute atomic E-state index is 0.237. The molecule has 0 radical (unpaired) electrons. The molecular weight excluding hydrogens is 190 g/mol. The number of nitrogens with one attached hydrogen (secondary N) is 1. The third-order valence-electron chi connectivity index (χ3n) is 2.97. The summed E-state index contributed by atoms with van der Waals surface area (Å²) in [6.07, 6.45) is 2.40. The molecule has 1 fully saturated rings. The molecule has 0 bridgehead atoms. The maximum absolute atomic E-state index is 9.68. The standard InChI is InChI=1S/C12H17NO2/c1-15-12-5-4-9(7-11(12)14)10-3-2-6-13-8-10/h4-5,7,10,13-14H,2-3,6,8H2,1H3. The molecule has 3 heteroatoms. The van der Waals surface area contributed by atoms with E-state index in [2.05, 4.69) is 5.32 Å². The first-order chi connectivity index (χ1) is 7.31. The van der Waals surface area contributed by atoms with Crippen molar-refractivity contribution in [1.29, 1.82) is 0 Å². The van der Waals surface area contributed by atoms with E-state index in [1.165, 1.54) is 18.4 Å². The van der Waals surface area contributed by atoms with E-state index < -0.39 is 0 Å². The van der Waals surface area contributed by atoms with Crippen LogP contribution in [0, 0.1) is 0 Å². The Balaban J connectivity index is 2.17. The fourth-order valence-electron chi connectivity index (χ4n) is 2.10. The molecular formula is C12H17NO2. The van der Waals surface area contributed by atoms with Gasteiger partial charge in [0.05, 0.1) is 7.11 Å². The number of ether oxygens (including phenoxy) is 1. The predicted molar refractivity (Wildman–Crippen MR) is 59.5 cm³/mol. The molecule has 1 aromatic carbocycles. The molecule has 0 spiro atoms. The number of aromatic hydroxyl groups is 1. The topological polar surface area (TPSA) is 41.5 Å². The summed E-state index contributed by atoms with van der Waals surface area (Å²) >= 11 is 0. The van der Waals surface area contributed by atoms with Gasteiger partial charge < -0.3 is 15.2 Å². The Kier molecular flexibility index (Phi) is 3.11. The van der Waals surface area contributed by atoms with Crippen molar-refractivity contribution in [2.24, 2.45) is 0 Å². The molecule has 3 nitrogen and oxygen atoms in total. The number of benzene rings is 1. The van der Waals surface area contributed by atoms with Crippen LogP contribution in [0.4, 0.5) is 0 Å². The van der Waals surface area contributed by atoms with Gasteiger partial charge in [-0.05, 0) is 43.0 Å². The number of hydrogen-bond donors (Lipinski definition) is 2. The molecule has 0 amide bonds. The highest BCUT2D eigenvalue weighted by atomic mass is 16.5. The molecule has 0 aromatic heterocycles. The first-order valence-electron chi connectivity index (χ1n) is 5.39. The van der Waals surface area contributed by atoms with Gasteiger partial charge in [-0.3, -0.25) is 0 Å². The number of phenolic OH excluding ortho intramolecular Hbond substituents is 1. The molecule has 1 aromatic rings. The van der Waals surface area contributed by atoms with Gasteiger partial charge in [-0.15, -0.1) is 0 Å². The molecule has 82 valence electrons. The lowest BCUT2D eigenvalue weighted by molar-refractivity contribution is 0.372. The number of phenols is 1. The molecule has 1 unspecified atom stereocenters. The first kappa shape index (κ1) is 10.3. The van der Waals surface area contributed by atoms with Crippen molar-refractivity contribution in [3.8, 4) is 11.5 Å². The van der Waals surface area contributed by atoms with Gasteiger partial charge >= 0.3 is 0 Å². The summed E-state index contributed by atoms with van der Waals surface area (Å²) in [6.45, 7) is 2.12. The second-order valence-corrected chi connectivity index (χ2v) is 3.97. The van der Waals surface area contributed by atoms with E-state index in [-0.39, 0.29) is 5.75 Å². The Morgan fingerprint density at radius 1 is 1.47 bits per heavy atom. The van der Waals surface area contributed by atoms with Gasteiger partial charge in [0.1, 0.15) is 0 Å². The molecule has 0 saturated carbocycles. The minimum Gasteiger partial charge on any atom is -0.504 e. The van der Waals surface area contributed by atoms with Gasteiger partial charge in [-0.25, -0.2) is 0 Å². The summed E-state index contributed by atoms with van der Waals surface area (Å²) < 4.78 is 5.02. The molecule has 2 rings (SSSR count). The van der Waals surface area contributed by atoms with Gasteiger partial charge in [-0.1, -0.05) is 6.07 Å². The van der Waals surface area contributed by atoms with Crippen LogP contribution in [0.25, 0.3) is 0 Å². The zero-order chi connectivity index (χ0) is 10.7. The van der Waals surface area contributed by atoms with E-state index in [1.807, 2.05) is 18.2 Å². The van der Waals surface area contributed by atoms with E-state index in [4.69, 9.17) is 4.74 Å². The van der Waals surface area contributed by atoms with Crippen LogP contribution >= 0.6 is 0 Å². The van der Waals surface area contributed by atoms with Crippen LogP contribution < -0.4 is 10.1 Å². The zero-order valence-corrected chi connectivity index (χ0v) is 8.99. The van der Waals surface area contributed by atoms with Gasteiger partial charge in [0.15, 0.2) is 11.5 Å². The Morgan fingerprint density at radius 2 is 2.33 bits per heavy atom. The quantitative estimate of drug-likeness (QED) is 0.778. The number of methoxy groups -OCH3 is 1. The van der Waals surface area contributed by atoms with Gasteiger partial charge in [0, 0.05) is 6.54 Å². The fraction of sp³-hybridized carbons (Fsp3) is 0.500. The predicted octanol–water partition coefficient (Wildman–Crippen LogP) is 1.87. The van der Waals surface area contributed by atoms with Crippen molar-refractivity contribution < 1.29 is 9.84 Å². The third kappa shape index (κ3) is 2.23. The van der Waals surface area contributed by atoms with Crippen LogP contribution in [0.3, 0.4) is 0 Å². The van der Waals surface area contributed by atoms with Crippen molar-refractivity contribution in [3.63, 3.8) is 0 Å². The molecule has 1 atom stereocenters. The van der Waals surface area contributed by atoms with Gasteiger partial charge in [-0.2, -0.15) is 0 Å². The molecule has 1 saturated heterocycles. The van der Waals surface area contributed by atoms with E-state index in [0.717, 1.165) is 13.1 Å². The summed E-state index contributed by atoms with van der Waals surface area (Å²) in [5.74, 6) is 1.30. The summed E-state index contributed by atoms with van der Waals surface area (Å²) in [5, 5.41) is 13.0. The maximum Gasteiger partial charge on any atom is 0.160 e. The van der Waals surface area contributed by atoms with Crippen molar-refractivity contribution in [1.82, 2.24) is 5.32 Å². The Bertz CT molecular complexity index is 332. The summed E-state index contributed by atoms with van der Waals surface area (Å²) in [7, 11) is 1.57. The normalized spacial score (nSPS) is 21.3. The van der Waals surface area contributed by atoms with Crippen LogP contribution in [0.2, 0.25) is 0 Å². The molecule has 15 heavy (non-hydrogen) atoms. The number of hydrogen-bond acceptors (Lipinski definition) is 3. The van der Waals surface area contributed by atoms with Crippen LogP contribution in [0.15, 0.2) is 18.2 Å². The molecule has 0 aliphatic carbocycles. The van der Waals surface area contributed by atoms with E-state index >= 15 is 0 Å². The Labute approximate surface area is 90.1 Å². The molecule has 1 heterocycles. The SMILES string of the molecule is COc1ccc(C2CCCNC2)cc1O. The minimum atomic E-state index is 0.237. The summed E-state index contributed by atoms with van der Waals surface area (Å²) in [6, 6.07) is 5.69. The smallest absolute Gasteiger partial charge is 0.160 e. The summed E-state index contributed by atoms with van der Waals surface area (Å²) in [5.41, 5.74) is 1.19. The maximum atomic E-state index is 9.68. The van der Waals surface area contributed by atoms with Gasteiger partial charge in [0.25, 0.3) is 0 Å². The molecule has 2 N–H and O–H groups in total. The van der Waals surface area contributed by atoms with Crippen molar-refractivity contribution >= 4 is 0 Å². The average Bonchev–Trinajstić information content (AvgIpc) is 2.30. The van der Waals surface area contributed by atoms with Crippen LogP contribution in [0.5, 0.6) is 11.5 Å². The van der Waals surface area contributed by atoms with Crippen LogP contribution in [-0.4, -0.2) is 25.3 Å². The fourth-order valence-corrected chi connectivity index (χ4v) is 2.10. The van der Waals surface area contributed by atoms with Crippen molar-refractivity contribution in [2.75, 3.05) is 20.2 Å². The third-order valence-corrected chi connectivity index (χ3v) is 2.97. The first-order valence-corrected chi connectivity index (χ1v) is 5.39. The number of piperidine rings is 1. The van der Waals surface area contributed by atoms with Crippen LogP contribution in [0.1, 0.15) is 24.3 Å². The largest absolute Gasteiger partial charge is 0.504 e. The Hall–Kier alpha value is -1.22. The molecule has 1 aliphatic heterocycles. The lowest BCUT2D eigenvalue weighted by Gasteiger charge is -2.23. The van der Waals surface area contributed by atoms with E-state index in [9.17, 15) is 5.11 Å².